The highest BCUT2D eigenvalue weighted by atomic mass is 79.9. The molecule has 0 fully saturated rings. The number of halogens is 1. The Bertz CT molecular complexity index is 116. The van der Waals surface area contributed by atoms with E-state index in [4.69, 9.17) is 5.26 Å². The standard InChI is InChI=1S/C8H17N2.BrH/c1-4-10(5-2,6-3)8-7-9;/h4-6,8H2,1-3H3;1H/q+1;/p-1. The van der Waals surface area contributed by atoms with Crippen LogP contribution in [0.5, 0.6) is 0 Å². The van der Waals surface area contributed by atoms with E-state index >= 15 is 0 Å². The van der Waals surface area contributed by atoms with Crippen LogP contribution in [0.4, 0.5) is 0 Å². The van der Waals surface area contributed by atoms with Crippen molar-refractivity contribution in [3.63, 3.8) is 0 Å². The summed E-state index contributed by atoms with van der Waals surface area (Å²) in [5.74, 6) is 0. The van der Waals surface area contributed by atoms with Crippen molar-refractivity contribution in [3.8, 4) is 6.07 Å². The Kier molecular flexibility index (Phi) is 8.14. The molecule has 0 radical (unpaired) electrons. The van der Waals surface area contributed by atoms with Crippen molar-refractivity contribution in [2.24, 2.45) is 0 Å². The number of hydrogen-bond acceptors (Lipinski definition) is 1. The van der Waals surface area contributed by atoms with E-state index in [-0.39, 0.29) is 17.0 Å². The van der Waals surface area contributed by atoms with Gasteiger partial charge in [0, 0.05) is 0 Å². The minimum atomic E-state index is 0. The van der Waals surface area contributed by atoms with Crippen LogP contribution in [-0.4, -0.2) is 30.7 Å². The Morgan fingerprint density at radius 3 is 1.55 bits per heavy atom. The van der Waals surface area contributed by atoms with E-state index in [9.17, 15) is 0 Å². The van der Waals surface area contributed by atoms with Gasteiger partial charge in [0.1, 0.15) is 6.07 Å². The van der Waals surface area contributed by atoms with E-state index in [1.807, 2.05) is 0 Å². The third kappa shape index (κ3) is 3.74. The number of nitrogens with zero attached hydrogens (tertiary/aromatic N) is 2. The molecule has 0 aliphatic rings. The van der Waals surface area contributed by atoms with Gasteiger partial charge < -0.3 is 21.5 Å². The van der Waals surface area contributed by atoms with Crippen LogP contribution in [-0.2, 0) is 0 Å². The van der Waals surface area contributed by atoms with Gasteiger partial charge in [0.25, 0.3) is 0 Å². The van der Waals surface area contributed by atoms with E-state index in [1.54, 1.807) is 0 Å². The molecular formula is C8H17BrN2. The largest absolute Gasteiger partial charge is 1.00 e. The number of quaternary nitrogens is 1. The lowest BCUT2D eigenvalue weighted by atomic mass is 10.3. The lowest BCUT2D eigenvalue weighted by molar-refractivity contribution is -0.916. The summed E-state index contributed by atoms with van der Waals surface area (Å²) < 4.78 is 0.941. The molecule has 0 aliphatic heterocycles. The fourth-order valence-corrected chi connectivity index (χ4v) is 1.16. The first-order chi connectivity index (χ1) is 4.74. The number of hydrogen-bond donors (Lipinski definition) is 0. The summed E-state index contributed by atoms with van der Waals surface area (Å²) in [4.78, 5) is 0. The topological polar surface area (TPSA) is 23.8 Å². The van der Waals surface area contributed by atoms with Crippen LogP contribution in [0.25, 0.3) is 0 Å². The third-order valence-corrected chi connectivity index (χ3v) is 2.42. The van der Waals surface area contributed by atoms with Crippen molar-refractivity contribution in [2.45, 2.75) is 20.8 Å². The Hall–Kier alpha value is -0.0700. The van der Waals surface area contributed by atoms with Crippen LogP contribution in [0.1, 0.15) is 20.8 Å². The van der Waals surface area contributed by atoms with Gasteiger partial charge in [0.15, 0.2) is 6.54 Å². The zero-order chi connectivity index (χ0) is 8.04. The maximum absolute atomic E-state index is 8.53. The summed E-state index contributed by atoms with van der Waals surface area (Å²) in [6, 6.07) is 2.23. The van der Waals surface area contributed by atoms with Gasteiger partial charge in [-0.2, -0.15) is 5.26 Å². The molecule has 0 unspecified atom stereocenters. The van der Waals surface area contributed by atoms with Crippen molar-refractivity contribution in [1.29, 1.82) is 5.26 Å². The molecule has 0 bridgehead atoms. The molecule has 0 N–H and O–H groups in total. The molecule has 0 aromatic carbocycles. The van der Waals surface area contributed by atoms with Crippen molar-refractivity contribution in [1.82, 2.24) is 0 Å². The van der Waals surface area contributed by atoms with Crippen LogP contribution < -0.4 is 17.0 Å². The highest BCUT2D eigenvalue weighted by Gasteiger charge is 2.18. The summed E-state index contributed by atoms with van der Waals surface area (Å²) in [7, 11) is 0. The molecule has 66 valence electrons. The lowest BCUT2D eigenvalue weighted by Gasteiger charge is -2.32. The van der Waals surface area contributed by atoms with E-state index < -0.39 is 0 Å². The lowest BCUT2D eigenvalue weighted by Crippen LogP contribution is -3.00. The summed E-state index contributed by atoms with van der Waals surface area (Å²) in [6.45, 7) is 10.3. The van der Waals surface area contributed by atoms with Crippen LogP contribution in [0.3, 0.4) is 0 Å². The van der Waals surface area contributed by atoms with E-state index in [2.05, 4.69) is 26.8 Å². The van der Waals surface area contributed by atoms with Gasteiger partial charge in [-0.3, -0.25) is 0 Å². The zero-order valence-electron chi connectivity index (χ0n) is 7.60. The predicted octanol–water partition coefficient (Wildman–Crippen LogP) is -1.61. The average Bonchev–Trinajstić information content (AvgIpc) is 2.01. The second-order valence-electron chi connectivity index (χ2n) is 2.61. The molecule has 3 heteroatoms. The first-order valence-electron chi connectivity index (χ1n) is 3.96. The smallest absolute Gasteiger partial charge is 0.166 e. The van der Waals surface area contributed by atoms with Gasteiger partial charge in [0.05, 0.1) is 19.6 Å². The van der Waals surface area contributed by atoms with E-state index in [0.717, 1.165) is 24.1 Å². The van der Waals surface area contributed by atoms with Gasteiger partial charge in [-0.1, -0.05) is 0 Å². The van der Waals surface area contributed by atoms with Crippen molar-refractivity contribution < 1.29 is 21.5 Å². The van der Waals surface area contributed by atoms with Crippen LogP contribution in [0.2, 0.25) is 0 Å². The van der Waals surface area contributed by atoms with Gasteiger partial charge in [0.2, 0.25) is 0 Å². The average molecular weight is 221 g/mol. The minimum absolute atomic E-state index is 0. The fourth-order valence-electron chi connectivity index (χ4n) is 1.16. The minimum Gasteiger partial charge on any atom is -1.00 e. The Morgan fingerprint density at radius 1 is 1.09 bits per heavy atom. The van der Waals surface area contributed by atoms with E-state index in [1.165, 1.54) is 0 Å². The molecule has 0 heterocycles. The SMILES string of the molecule is CC[N+](CC)(CC)CC#N.[Br-]. The molecule has 0 aliphatic carbocycles. The zero-order valence-corrected chi connectivity index (χ0v) is 9.19. The molecule has 0 aromatic heterocycles. The highest BCUT2D eigenvalue weighted by Crippen LogP contribution is 2.03. The van der Waals surface area contributed by atoms with Crippen molar-refractivity contribution in [3.05, 3.63) is 0 Å². The molecular weight excluding hydrogens is 204 g/mol. The van der Waals surface area contributed by atoms with E-state index in [0.29, 0.717) is 6.54 Å². The summed E-state index contributed by atoms with van der Waals surface area (Å²) in [6.07, 6.45) is 0. The Balaban J connectivity index is 0. The predicted molar refractivity (Wildman–Crippen MR) is 42.4 cm³/mol. The molecule has 2 nitrogen and oxygen atoms in total. The second kappa shape index (κ2) is 6.63. The fraction of sp³-hybridized carbons (Fsp3) is 0.875. The molecule has 0 saturated heterocycles. The van der Waals surface area contributed by atoms with Gasteiger partial charge in [-0.25, -0.2) is 0 Å². The van der Waals surface area contributed by atoms with Crippen molar-refractivity contribution in [2.75, 3.05) is 26.2 Å². The molecule has 0 amide bonds. The number of rotatable bonds is 4. The van der Waals surface area contributed by atoms with Crippen LogP contribution in [0.15, 0.2) is 0 Å². The Labute approximate surface area is 80.2 Å². The van der Waals surface area contributed by atoms with Gasteiger partial charge in [-0.15, -0.1) is 0 Å². The summed E-state index contributed by atoms with van der Waals surface area (Å²) in [5, 5.41) is 8.53. The molecule has 11 heavy (non-hydrogen) atoms. The maximum atomic E-state index is 8.53. The molecule has 0 aromatic rings. The van der Waals surface area contributed by atoms with Gasteiger partial charge in [-0.05, 0) is 20.8 Å². The Morgan fingerprint density at radius 2 is 1.45 bits per heavy atom. The quantitative estimate of drug-likeness (QED) is 0.414. The molecule has 0 atom stereocenters. The van der Waals surface area contributed by atoms with Crippen LogP contribution in [0, 0.1) is 11.3 Å². The monoisotopic (exact) mass is 220 g/mol. The first-order valence-corrected chi connectivity index (χ1v) is 3.96. The molecule has 0 spiro atoms. The van der Waals surface area contributed by atoms with Crippen LogP contribution >= 0.6 is 0 Å². The molecule has 0 saturated carbocycles. The normalized spacial score (nSPS) is 10.0. The number of nitriles is 1. The summed E-state index contributed by atoms with van der Waals surface area (Å²) >= 11 is 0. The third-order valence-electron chi connectivity index (χ3n) is 2.42. The first kappa shape index (κ1) is 13.5. The summed E-state index contributed by atoms with van der Waals surface area (Å²) in [5.41, 5.74) is 0. The van der Waals surface area contributed by atoms with Crippen molar-refractivity contribution >= 4 is 0 Å². The maximum Gasteiger partial charge on any atom is 0.166 e. The highest BCUT2D eigenvalue weighted by molar-refractivity contribution is 4.67. The molecule has 0 rings (SSSR count). The van der Waals surface area contributed by atoms with Gasteiger partial charge >= 0.3 is 0 Å². The second-order valence-corrected chi connectivity index (χ2v) is 2.61.